The molecule has 0 atom stereocenters. The van der Waals surface area contributed by atoms with Crippen LogP contribution in [-0.2, 0) is 6.42 Å². The Hall–Kier alpha value is -0.340. The Morgan fingerprint density at radius 1 is 1.06 bits per heavy atom. The lowest BCUT2D eigenvalue weighted by Gasteiger charge is -2.31. The minimum absolute atomic E-state index is 0.0290. The Bertz CT molecular complexity index is 354. The van der Waals surface area contributed by atoms with Gasteiger partial charge in [0.15, 0.2) is 0 Å². The lowest BCUT2D eigenvalue weighted by molar-refractivity contribution is 0.314. The Morgan fingerprint density at radius 2 is 1.71 bits per heavy atom. The molecular formula is C15H22BrN. The first-order valence-corrected chi connectivity index (χ1v) is 7.51. The summed E-state index contributed by atoms with van der Waals surface area (Å²) in [6.45, 7) is 0. The molecule has 0 heterocycles. The lowest BCUT2D eigenvalue weighted by atomic mass is 9.80. The Morgan fingerprint density at radius 3 is 2.35 bits per heavy atom. The van der Waals surface area contributed by atoms with Gasteiger partial charge in [0.1, 0.15) is 0 Å². The van der Waals surface area contributed by atoms with Crippen LogP contribution in [0.5, 0.6) is 0 Å². The average molecular weight is 296 g/mol. The summed E-state index contributed by atoms with van der Waals surface area (Å²) in [5.41, 5.74) is 7.99. The van der Waals surface area contributed by atoms with E-state index in [2.05, 4.69) is 40.2 Å². The van der Waals surface area contributed by atoms with E-state index in [1.165, 1.54) is 50.5 Å². The molecule has 94 valence electrons. The first-order valence-electron chi connectivity index (χ1n) is 6.71. The topological polar surface area (TPSA) is 26.0 Å². The minimum Gasteiger partial charge on any atom is -0.325 e. The van der Waals surface area contributed by atoms with E-state index >= 15 is 0 Å². The molecule has 0 bridgehead atoms. The van der Waals surface area contributed by atoms with E-state index in [4.69, 9.17) is 5.73 Å². The van der Waals surface area contributed by atoms with Gasteiger partial charge in [0.2, 0.25) is 0 Å². The molecule has 2 N–H and O–H groups in total. The zero-order valence-corrected chi connectivity index (χ0v) is 12.0. The normalized spacial score (nSPS) is 20.6. The SMILES string of the molecule is NC1(Cc2cccc(Br)c2)CCCCCCC1. The van der Waals surface area contributed by atoms with Crippen molar-refractivity contribution in [3.63, 3.8) is 0 Å². The molecule has 1 fully saturated rings. The molecule has 0 aliphatic heterocycles. The number of hydrogen-bond donors (Lipinski definition) is 1. The van der Waals surface area contributed by atoms with Crippen molar-refractivity contribution in [2.75, 3.05) is 0 Å². The second kappa shape index (κ2) is 6.01. The van der Waals surface area contributed by atoms with E-state index < -0.39 is 0 Å². The molecule has 0 radical (unpaired) electrons. The van der Waals surface area contributed by atoms with Crippen molar-refractivity contribution in [3.8, 4) is 0 Å². The van der Waals surface area contributed by atoms with Crippen LogP contribution >= 0.6 is 15.9 Å². The highest BCUT2D eigenvalue weighted by molar-refractivity contribution is 9.10. The second-order valence-corrected chi connectivity index (χ2v) is 6.35. The van der Waals surface area contributed by atoms with Gasteiger partial charge in [-0.25, -0.2) is 0 Å². The summed E-state index contributed by atoms with van der Waals surface area (Å²) in [5, 5.41) is 0. The van der Waals surface area contributed by atoms with E-state index in [1.54, 1.807) is 0 Å². The second-order valence-electron chi connectivity index (χ2n) is 5.44. The Kier molecular flexibility index (Phi) is 4.63. The third kappa shape index (κ3) is 4.11. The van der Waals surface area contributed by atoms with Crippen LogP contribution < -0.4 is 5.73 Å². The summed E-state index contributed by atoms with van der Waals surface area (Å²) in [7, 11) is 0. The fraction of sp³-hybridized carbons (Fsp3) is 0.600. The van der Waals surface area contributed by atoms with Crippen LogP contribution in [0, 0.1) is 0 Å². The first kappa shape index (κ1) is 13.1. The van der Waals surface area contributed by atoms with E-state index in [1.807, 2.05) is 0 Å². The number of benzene rings is 1. The summed E-state index contributed by atoms with van der Waals surface area (Å²) in [4.78, 5) is 0. The number of hydrogen-bond acceptors (Lipinski definition) is 1. The van der Waals surface area contributed by atoms with Crippen LogP contribution in [0.3, 0.4) is 0 Å². The highest BCUT2D eigenvalue weighted by Crippen LogP contribution is 2.28. The predicted molar refractivity (Wildman–Crippen MR) is 77.1 cm³/mol. The number of rotatable bonds is 2. The first-order chi connectivity index (χ1) is 8.18. The molecule has 1 aromatic carbocycles. The Labute approximate surface area is 113 Å². The molecule has 0 amide bonds. The monoisotopic (exact) mass is 295 g/mol. The third-order valence-corrected chi connectivity index (χ3v) is 4.29. The van der Waals surface area contributed by atoms with Gasteiger partial charge < -0.3 is 5.73 Å². The standard InChI is InChI=1S/C15H22BrN/c16-14-8-6-7-13(11-14)12-15(17)9-4-2-1-3-5-10-15/h6-8,11H,1-5,9-10,12,17H2. The minimum atomic E-state index is 0.0290. The van der Waals surface area contributed by atoms with Gasteiger partial charge in [0.25, 0.3) is 0 Å². The third-order valence-electron chi connectivity index (χ3n) is 3.79. The van der Waals surface area contributed by atoms with Crippen LogP contribution in [0.1, 0.15) is 50.5 Å². The fourth-order valence-corrected chi connectivity index (χ4v) is 3.29. The summed E-state index contributed by atoms with van der Waals surface area (Å²) >= 11 is 3.53. The lowest BCUT2D eigenvalue weighted by Crippen LogP contribution is -2.42. The van der Waals surface area contributed by atoms with Gasteiger partial charge in [-0.05, 0) is 37.0 Å². The van der Waals surface area contributed by atoms with Crippen molar-refractivity contribution in [1.29, 1.82) is 0 Å². The number of nitrogens with two attached hydrogens (primary N) is 1. The van der Waals surface area contributed by atoms with Gasteiger partial charge in [0.05, 0.1) is 0 Å². The van der Waals surface area contributed by atoms with Gasteiger partial charge in [0, 0.05) is 10.0 Å². The molecule has 2 heteroatoms. The fourth-order valence-electron chi connectivity index (χ4n) is 2.84. The summed E-state index contributed by atoms with van der Waals surface area (Å²) in [6, 6.07) is 8.57. The van der Waals surface area contributed by atoms with E-state index in [0.29, 0.717) is 0 Å². The molecule has 1 aliphatic rings. The van der Waals surface area contributed by atoms with E-state index in [0.717, 1.165) is 10.9 Å². The largest absolute Gasteiger partial charge is 0.325 e. The van der Waals surface area contributed by atoms with Crippen molar-refractivity contribution in [2.24, 2.45) is 5.73 Å². The number of halogens is 1. The molecule has 17 heavy (non-hydrogen) atoms. The molecule has 1 aromatic rings. The molecule has 0 unspecified atom stereocenters. The highest BCUT2D eigenvalue weighted by Gasteiger charge is 2.25. The summed E-state index contributed by atoms with van der Waals surface area (Å²) in [5.74, 6) is 0. The average Bonchev–Trinajstić information content (AvgIpc) is 2.24. The van der Waals surface area contributed by atoms with Crippen LogP contribution in [-0.4, -0.2) is 5.54 Å². The van der Waals surface area contributed by atoms with Crippen molar-refractivity contribution in [2.45, 2.75) is 56.9 Å². The Balaban J connectivity index is 2.03. The smallest absolute Gasteiger partial charge is 0.0195 e. The van der Waals surface area contributed by atoms with Crippen molar-refractivity contribution >= 4 is 15.9 Å². The maximum atomic E-state index is 6.60. The zero-order valence-electron chi connectivity index (χ0n) is 10.4. The molecule has 1 saturated carbocycles. The van der Waals surface area contributed by atoms with Gasteiger partial charge >= 0.3 is 0 Å². The molecule has 2 rings (SSSR count). The van der Waals surface area contributed by atoms with Crippen LogP contribution in [0.25, 0.3) is 0 Å². The molecule has 1 aliphatic carbocycles. The van der Waals surface area contributed by atoms with E-state index in [-0.39, 0.29) is 5.54 Å². The zero-order chi connectivity index (χ0) is 12.1. The highest BCUT2D eigenvalue weighted by atomic mass is 79.9. The van der Waals surface area contributed by atoms with Crippen LogP contribution in [0.4, 0.5) is 0 Å². The maximum absolute atomic E-state index is 6.60. The van der Waals surface area contributed by atoms with Gasteiger partial charge in [-0.3, -0.25) is 0 Å². The summed E-state index contributed by atoms with van der Waals surface area (Å²) in [6.07, 6.45) is 10.1. The molecule has 0 aromatic heterocycles. The van der Waals surface area contributed by atoms with Gasteiger partial charge in [-0.15, -0.1) is 0 Å². The molecular weight excluding hydrogens is 274 g/mol. The van der Waals surface area contributed by atoms with Crippen molar-refractivity contribution in [1.82, 2.24) is 0 Å². The quantitative estimate of drug-likeness (QED) is 0.858. The summed E-state index contributed by atoms with van der Waals surface area (Å²) < 4.78 is 1.16. The van der Waals surface area contributed by atoms with Crippen molar-refractivity contribution < 1.29 is 0 Å². The maximum Gasteiger partial charge on any atom is 0.0195 e. The van der Waals surface area contributed by atoms with Gasteiger partial charge in [-0.2, -0.15) is 0 Å². The van der Waals surface area contributed by atoms with Crippen LogP contribution in [0.15, 0.2) is 28.7 Å². The molecule has 0 spiro atoms. The van der Waals surface area contributed by atoms with E-state index in [9.17, 15) is 0 Å². The molecule has 0 saturated heterocycles. The van der Waals surface area contributed by atoms with Gasteiger partial charge in [-0.1, -0.05) is 60.2 Å². The van der Waals surface area contributed by atoms with Crippen molar-refractivity contribution in [3.05, 3.63) is 34.3 Å². The van der Waals surface area contributed by atoms with Crippen LogP contribution in [0.2, 0.25) is 0 Å². The predicted octanol–water partition coefficient (Wildman–Crippen LogP) is 4.43. The molecule has 1 nitrogen and oxygen atoms in total.